The van der Waals surface area contributed by atoms with Crippen LogP contribution in [-0.2, 0) is 0 Å². The molecule has 0 aliphatic rings. The maximum atomic E-state index is 13.3. The standard InChI is InChI=1S/C14H13ClFN/c1-8-3-4-10(6-14(8)17)11-5-9(2)13(16)7-12(11)15/h3-7H,17H2,1-2H3. The number of hydrogen-bond donors (Lipinski definition) is 1. The zero-order valence-electron chi connectivity index (χ0n) is 9.72. The Bertz CT molecular complexity index is 579. The number of nitrogens with two attached hydrogens (primary N) is 1. The number of halogens is 2. The summed E-state index contributed by atoms with van der Waals surface area (Å²) in [4.78, 5) is 0. The fourth-order valence-corrected chi connectivity index (χ4v) is 1.95. The lowest BCUT2D eigenvalue weighted by atomic mass is 10.0. The molecule has 0 spiro atoms. The third kappa shape index (κ3) is 2.27. The number of nitrogen functional groups attached to an aromatic ring is 1. The molecule has 17 heavy (non-hydrogen) atoms. The average Bonchev–Trinajstić information content (AvgIpc) is 2.27. The third-order valence-electron chi connectivity index (χ3n) is 2.84. The van der Waals surface area contributed by atoms with Crippen LogP contribution in [0.1, 0.15) is 11.1 Å². The van der Waals surface area contributed by atoms with Crippen LogP contribution >= 0.6 is 11.6 Å². The van der Waals surface area contributed by atoms with Crippen LogP contribution in [-0.4, -0.2) is 0 Å². The van der Waals surface area contributed by atoms with Crippen LogP contribution < -0.4 is 5.73 Å². The lowest BCUT2D eigenvalue weighted by molar-refractivity contribution is 0.619. The van der Waals surface area contributed by atoms with Gasteiger partial charge in [-0.25, -0.2) is 4.39 Å². The Kier molecular flexibility index (Phi) is 3.07. The SMILES string of the molecule is Cc1ccc(-c2cc(C)c(F)cc2Cl)cc1N. The fourth-order valence-electron chi connectivity index (χ4n) is 1.69. The molecule has 0 bridgehead atoms. The van der Waals surface area contributed by atoms with E-state index in [1.165, 1.54) is 6.07 Å². The summed E-state index contributed by atoms with van der Waals surface area (Å²) >= 11 is 6.05. The summed E-state index contributed by atoms with van der Waals surface area (Å²) in [6, 6.07) is 8.79. The van der Waals surface area contributed by atoms with Gasteiger partial charge in [-0.3, -0.25) is 0 Å². The molecule has 2 rings (SSSR count). The minimum atomic E-state index is -0.293. The van der Waals surface area contributed by atoms with Gasteiger partial charge in [-0.15, -0.1) is 0 Å². The molecule has 0 saturated heterocycles. The first-order chi connectivity index (χ1) is 7.99. The Morgan fingerprint density at radius 2 is 1.76 bits per heavy atom. The van der Waals surface area contributed by atoms with E-state index in [-0.39, 0.29) is 5.82 Å². The Morgan fingerprint density at radius 3 is 2.41 bits per heavy atom. The molecule has 0 heterocycles. The van der Waals surface area contributed by atoms with E-state index in [4.69, 9.17) is 17.3 Å². The van der Waals surface area contributed by atoms with Crippen molar-refractivity contribution in [1.82, 2.24) is 0 Å². The van der Waals surface area contributed by atoms with E-state index < -0.39 is 0 Å². The zero-order valence-corrected chi connectivity index (χ0v) is 10.5. The molecular formula is C14H13ClFN. The molecule has 88 valence electrons. The second-order valence-corrected chi connectivity index (χ2v) is 4.56. The number of aryl methyl sites for hydroxylation is 2. The topological polar surface area (TPSA) is 26.0 Å². The zero-order chi connectivity index (χ0) is 12.6. The predicted octanol–water partition coefficient (Wildman–Crippen LogP) is 4.35. The molecule has 1 nitrogen and oxygen atoms in total. The number of anilines is 1. The third-order valence-corrected chi connectivity index (χ3v) is 3.15. The molecule has 0 aliphatic carbocycles. The highest BCUT2D eigenvalue weighted by molar-refractivity contribution is 6.33. The van der Waals surface area contributed by atoms with Crippen molar-refractivity contribution in [3.05, 3.63) is 52.3 Å². The van der Waals surface area contributed by atoms with E-state index in [9.17, 15) is 4.39 Å². The normalized spacial score (nSPS) is 10.6. The molecule has 0 atom stereocenters. The fraction of sp³-hybridized carbons (Fsp3) is 0.143. The van der Waals surface area contributed by atoms with Crippen molar-refractivity contribution in [2.24, 2.45) is 0 Å². The van der Waals surface area contributed by atoms with Gasteiger partial charge in [-0.2, -0.15) is 0 Å². The van der Waals surface area contributed by atoms with Crippen LogP contribution in [0.5, 0.6) is 0 Å². The monoisotopic (exact) mass is 249 g/mol. The number of hydrogen-bond acceptors (Lipinski definition) is 1. The molecule has 0 amide bonds. The molecule has 3 heteroatoms. The molecule has 0 aromatic heterocycles. The van der Waals surface area contributed by atoms with Gasteiger partial charge in [0.1, 0.15) is 5.82 Å². The molecular weight excluding hydrogens is 237 g/mol. The molecule has 2 N–H and O–H groups in total. The van der Waals surface area contributed by atoms with Gasteiger partial charge in [-0.05, 0) is 48.7 Å². The van der Waals surface area contributed by atoms with Crippen molar-refractivity contribution in [2.45, 2.75) is 13.8 Å². The molecule has 0 unspecified atom stereocenters. The summed E-state index contributed by atoms with van der Waals surface area (Å²) in [6.07, 6.45) is 0. The molecule has 0 fully saturated rings. The summed E-state index contributed by atoms with van der Waals surface area (Å²) in [5, 5.41) is 0.399. The van der Waals surface area contributed by atoms with E-state index in [0.717, 1.165) is 16.7 Å². The first kappa shape index (κ1) is 11.9. The Balaban J connectivity index is 2.60. The second-order valence-electron chi connectivity index (χ2n) is 4.15. The van der Waals surface area contributed by atoms with Crippen LogP contribution in [0.2, 0.25) is 5.02 Å². The van der Waals surface area contributed by atoms with Crippen molar-refractivity contribution < 1.29 is 4.39 Å². The van der Waals surface area contributed by atoms with Gasteiger partial charge in [-0.1, -0.05) is 23.7 Å². The van der Waals surface area contributed by atoms with Crippen molar-refractivity contribution in [2.75, 3.05) is 5.73 Å². The second kappa shape index (κ2) is 4.38. The largest absolute Gasteiger partial charge is 0.398 e. The minimum Gasteiger partial charge on any atom is -0.398 e. The predicted molar refractivity (Wildman–Crippen MR) is 70.7 cm³/mol. The van der Waals surface area contributed by atoms with Crippen LogP contribution in [0.25, 0.3) is 11.1 Å². The summed E-state index contributed by atoms with van der Waals surface area (Å²) in [5.74, 6) is -0.293. The van der Waals surface area contributed by atoms with E-state index >= 15 is 0 Å². The van der Waals surface area contributed by atoms with Crippen LogP contribution in [0.4, 0.5) is 10.1 Å². The lowest BCUT2D eigenvalue weighted by Gasteiger charge is -2.09. The highest BCUT2D eigenvalue weighted by atomic mass is 35.5. The van der Waals surface area contributed by atoms with Crippen LogP contribution in [0.15, 0.2) is 30.3 Å². The van der Waals surface area contributed by atoms with Gasteiger partial charge < -0.3 is 5.73 Å². The summed E-state index contributed by atoms with van der Waals surface area (Å²) in [5.41, 5.74) is 9.86. The lowest BCUT2D eigenvalue weighted by Crippen LogP contribution is -1.91. The van der Waals surface area contributed by atoms with Crippen LogP contribution in [0, 0.1) is 19.7 Å². The highest BCUT2D eigenvalue weighted by Crippen LogP contribution is 2.31. The van der Waals surface area contributed by atoms with Crippen molar-refractivity contribution in [3.8, 4) is 11.1 Å². The van der Waals surface area contributed by atoms with Crippen molar-refractivity contribution in [3.63, 3.8) is 0 Å². The summed E-state index contributed by atoms with van der Waals surface area (Å²) < 4.78 is 13.3. The number of rotatable bonds is 1. The Hall–Kier alpha value is -1.54. The van der Waals surface area contributed by atoms with E-state index in [2.05, 4.69) is 0 Å². The summed E-state index contributed by atoms with van der Waals surface area (Å²) in [6.45, 7) is 3.66. The molecule has 0 radical (unpaired) electrons. The summed E-state index contributed by atoms with van der Waals surface area (Å²) in [7, 11) is 0. The maximum absolute atomic E-state index is 13.3. The van der Waals surface area contributed by atoms with Crippen molar-refractivity contribution in [1.29, 1.82) is 0 Å². The van der Waals surface area contributed by atoms with E-state index in [0.29, 0.717) is 16.3 Å². The van der Waals surface area contributed by atoms with E-state index in [1.54, 1.807) is 13.0 Å². The minimum absolute atomic E-state index is 0.293. The van der Waals surface area contributed by atoms with Gasteiger partial charge in [0.15, 0.2) is 0 Å². The maximum Gasteiger partial charge on any atom is 0.127 e. The van der Waals surface area contributed by atoms with E-state index in [1.807, 2.05) is 25.1 Å². The van der Waals surface area contributed by atoms with Crippen molar-refractivity contribution >= 4 is 17.3 Å². The Morgan fingerprint density at radius 1 is 1.06 bits per heavy atom. The smallest absolute Gasteiger partial charge is 0.127 e. The Labute approximate surface area is 105 Å². The van der Waals surface area contributed by atoms with Gasteiger partial charge >= 0.3 is 0 Å². The molecule has 0 aliphatic heterocycles. The van der Waals surface area contributed by atoms with Gasteiger partial charge in [0.25, 0.3) is 0 Å². The quantitative estimate of drug-likeness (QED) is 0.748. The molecule has 2 aromatic rings. The first-order valence-electron chi connectivity index (χ1n) is 5.31. The van der Waals surface area contributed by atoms with Crippen LogP contribution in [0.3, 0.4) is 0 Å². The highest BCUT2D eigenvalue weighted by Gasteiger charge is 2.08. The van der Waals surface area contributed by atoms with Gasteiger partial charge in [0, 0.05) is 11.3 Å². The molecule has 0 saturated carbocycles. The first-order valence-corrected chi connectivity index (χ1v) is 5.69. The average molecular weight is 250 g/mol. The number of benzene rings is 2. The molecule has 2 aromatic carbocycles. The van der Waals surface area contributed by atoms with Gasteiger partial charge in [0.2, 0.25) is 0 Å². The van der Waals surface area contributed by atoms with Gasteiger partial charge in [0.05, 0.1) is 5.02 Å².